The summed E-state index contributed by atoms with van der Waals surface area (Å²) in [4.78, 5) is 9.08. The minimum Gasteiger partial charge on any atom is -0.381 e. The lowest BCUT2D eigenvalue weighted by molar-refractivity contribution is 0.106. The van der Waals surface area contributed by atoms with E-state index in [0.29, 0.717) is 18.0 Å². The first-order valence-electron chi connectivity index (χ1n) is 6.34. The molecule has 1 aliphatic rings. The van der Waals surface area contributed by atoms with E-state index in [2.05, 4.69) is 30.5 Å². The lowest BCUT2D eigenvalue weighted by atomic mass is 10.2. The summed E-state index contributed by atoms with van der Waals surface area (Å²) in [6.45, 7) is 0. The number of rotatable bonds is 3. The summed E-state index contributed by atoms with van der Waals surface area (Å²) >= 11 is 9.47. The zero-order valence-electron chi connectivity index (χ0n) is 10.6. The van der Waals surface area contributed by atoms with E-state index in [-0.39, 0.29) is 0 Å². The lowest BCUT2D eigenvalue weighted by Crippen LogP contribution is -2.11. The third-order valence-electron chi connectivity index (χ3n) is 3.74. The van der Waals surface area contributed by atoms with Crippen LogP contribution in [0.15, 0.2) is 16.7 Å². The second-order valence-electron chi connectivity index (χ2n) is 4.85. The molecule has 19 heavy (non-hydrogen) atoms. The molecule has 4 nitrogen and oxygen atoms in total. The Kier molecular flexibility index (Phi) is 3.78. The van der Waals surface area contributed by atoms with Gasteiger partial charge in [0.15, 0.2) is 5.65 Å². The van der Waals surface area contributed by atoms with Crippen LogP contribution in [0.1, 0.15) is 31.1 Å². The van der Waals surface area contributed by atoms with Crippen molar-refractivity contribution in [2.24, 2.45) is 0 Å². The molecule has 0 spiro atoms. The van der Waals surface area contributed by atoms with Crippen molar-refractivity contribution >= 4 is 38.7 Å². The van der Waals surface area contributed by atoms with E-state index < -0.39 is 0 Å². The fourth-order valence-corrected chi connectivity index (χ4v) is 3.36. The van der Waals surface area contributed by atoms with Gasteiger partial charge in [-0.05, 0) is 41.3 Å². The summed E-state index contributed by atoms with van der Waals surface area (Å²) < 4.78 is 8.57. The molecular weight excluding hydrogens is 330 g/mol. The van der Waals surface area contributed by atoms with E-state index in [1.165, 1.54) is 0 Å². The van der Waals surface area contributed by atoms with E-state index >= 15 is 0 Å². The summed E-state index contributed by atoms with van der Waals surface area (Å²) in [6, 6.07) is 2.37. The van der Waals surface area contributed by atoms with Crippen LogP contribution in [0.4, 0.5) is 0 Å². The van der Waals surface area contributed by atoms with Gasteiger partial charge >= 0.3 is 0 Å². The van der Waals surface area contributed by atoms with Gasteiger partial charge in [0.25, 0.3) is 0 Å². The normalized spacial score (nSPS) is 23.3. The van der Waals surface area contributed by atoms with Crippen LogP contribution in [0.5, 0.6) is 0 Å². The van der Waals surface area contributed by atoms with Gasteiger partial charge in [-0.2, -0.15) is 0 Å². The highest BCUT2D eigenvalue weighted by molar-refractivity contribution is 9.10. The molecule has 0 radical (unpaired) electrons. The Bertz CT molecular complexity index is 601. The van der Waals surface area contributed by atoms with Crippen molar-refractivity contribution in [1.29, 1.82) is 0 Å². The highest BCUT2D eigenvalue weighted by Gasteiger charge is 2.29. The summed E-state index contributed by atoms with van der Waals surface area (Å²) in [5, 5.41) is 0. The number of methoxy groups -OCH3 is 1. The zero-order valence-corrected chi connectivity index (χ0v) is 13.0. The molecular formula is C13H15BrClN3O. The van der Waals surface area contributed by atoms with Crippen LogP contribution in [-0.4, -0.2) is 27.7 Å². The Balaban J connectivity index is 2.06. The number of halogens is 2. The van der Waals surface area contributed by atoms with Crippen molar-refractivity contribution < 1.29 is 4.74 Å². The average Bonchev–Trinajstić information content (AvgIpc) is 3.00. The van der Waals surface area contributed by atoms with Gasteiger partial charge in [-0.15, -0.1) is 11.6 Å². The molecule has 0 amide bonds. The SMILES string of the molecule is COC1CCC(n2c(CCl)nc3cc(Br)cnc32)C1. The fraction of sp³-hybridized carbons (Fsp3) is 0.538. The highest BCUT2D eigenvalue weighted by atomic mass is 79.9. The Morgan fingerprint density at radius 2 is 2.37 bits per heavy atom. The molecule has 1 saturated carbocycles. The second-order valence-corrected chi connectivity index (χ2v) is 6.04. The predicted octanol–water partition coefficient (Wildman–Crippen LogP) is 3.67. The molecule has 0 N–H and O–H groups in total. The van der Waals surface area contributed by atoms with Crippen LogP contribution in [-0.2, 0) is 10.6 Å². The number of hydrogen-bond acceptors (Lipinski definition) is 3. The minimum atomic E-state index is 0.334. The van der Waals surface area contributed by atoms with Crippen LogP contribution in [0.25, 0.3) is 11.2 Å². The Hall–Kier alpha value is -0.650. The molecule has 0 aromatic carbocycles. The molecule has 0 saturated heterocycles. The van der Waals surface area contributed by atoms with Crippen molar-refractivity contribution in [3.8, 4) is 0 Å². The van der Waals surface area contributed by atoms with Crippen molar-refractivity contribution in [2.45, 2.75) is 37.3 Å². The molecule has 2 heterocycles. The minimum absolute atomic E-state index is 0.334. The molecule has 1 aliphatic carbocycles. The number of imidazole rings is 1. The largest absolute Gasteiger partial charge is 0.381 e. The quantitative estimate of drug-likeness (QED) is 0.798. The van der Waals surface area contributed by atoms with Crippen LogP contribution >= 0.6 is 27.5 Å². The van der Waals surface area contributed by atoms with Crippen molar-refractivity contribution in [3.05, 3.63) is 22.6 Å². The van der Waals surface area contributed by atoms with Crippen LogP contribution in [0.3, 0.4) is 0 Å². The van der Waals surface area contributed by atoms with Crippen LogP contribution in [0, 0.1) is 0 Å². The summed E-state index contributed by atoms with van der Waals surface area (Å²) in [6.07, 6.45) is 5.32. The van der Waals surface area contributed by atoms with Crippen molar-refractivity contribution in [2.75, 3.05) is 7.11 Å². The van der Waals surface area contributed by atoms with Gasteiger partial charge in [-0.3, -0.25) is 0 Å². The summed E-state index contributed by atoms with van der Waals surface area (Å²) in [5.41, 5.74) is 1.81. The Morgan fingerprint density at radius 3 is 3.05 bits per heavy atom. The number of alkyl halides is 1. The zero-order chi connectivity index (χ0) is 13.4. The van der Waals surface area contributed by atoms with Gasteiger partial charge in [-0.1, -0.05) is 0 Å². The number of hydrogen-bond donors (Lipinski definition) is 0. The predicted molar refractivity (Wildman–Crippen MR) is 78.5 cm³/mol. The molecule has 2 unspecified atom stereocenters. The molecule has 6 heteroatoms. The first kappa shape index (κ1) is 13.3. The number of ether oxygens (including phenoxy) is 1. The number of aromatic nitrogens is 3. The maximum atomic E-state index is 6.04. The maximum Gasteiger partial charge on any atom is 0.160 e. The number of fused-ring (bicyclic) bond motifs is 1. The van der Waals surface area contributed by atoms with Crippen molar-refractivity contribution in [3.63, 3.8) is 0 Å². The summed E-state index contributed by atoms with van der Waals surface area (Å²) in [7, 11) is 1.77. The standard InChI is InChI=1S/C13H15BrClN3O/c1-19-10-3-2-9(5-10)18-12(6-15)17-11-4-8(14)7-16-13(11)18/h4,7,9-10H,2-3,5-6H2,1H3. The molecule has 2 atom stereocenters. The molecule has 0 bridgehead atoms. The second kappa shape index (κ2) is 5.38. The van der Waals surface area contributed by atoms with E-state index in [1.54, 1.807) is 13.3 Å². The van der Waals surface area contributed by atoms with E-state index in [1.807, 2.05) is 6.07 Å². The van der Waals surface area contributed by atoms with Gasteiger partial charge < -0.3 is 9.30 Å². The highest BCUT2D eigenvalue weighted by Crippen LogP contribution is 2.35. The van der Waals surface area contributed by atoms with E-state index in [0.717, 1.165) is 40.7 Å². The van der Waals surface area contributed by atoms with Gasteiger partial charge in [0.2, 0.25) is 0 Å². The first-order valence-corrected chi connectivity index (χ1v) is 7.66. The van der Waals surface area contributed by atoms with Gasteiger partial charge in [-0.25, -0.2) is 9.97 Å². The maximum absolute atomic E-state index is 6.04. The number of pyridine rings is 1. The number of nitrogens with zero attached hydrogens (tertiary/aromatic N) is 3. The van der Waals surface area contributed by atoms with Crippen LogP contribution in [0.2, 0.25) is 0 Å². The molecule has 2 aromatic heterocycles. The van der Waals surface area contributed by atoms with Crippen molar-refractivity contribution in [1.82, 2.24) is 14.5 Å². The van der Waals surface area contributed by atoms with Gasteiger partial charge in [0, 0.05) is 23.8 Å². The molecule has 0 aliphatic heterocycles. The third-order valence-corrected chi connectivity index (χ3v) is 4.42. The monoisotopic (exact) mass is 343 g/mol. The molecule has 102 valence electrons. The smallest absolute Gasteiger partial charge is 0.160 e. The lowest BCUT2D eigenvalue weighted by Gasteiger charge is -2.15. The molecule has 3 rings (SSSR count). The topological polar surface area (TPSA) is 39.9 Å². The Labute approximate surface area is 125 Å². The third kappa shape index (κ3) is 2.39. The van der Waals surface area contributed by atoms with Crippen LogP contribution < -0.4 is 0 Å². The van der Waals surface area contributed by atoms with Gasteiger partial charge in [0.1, 0.15) is 11.3 Å². The molecule has 1 fully saturated rings. The molecule has 2 aromatic rings. The fourth-order valence-electron chi connectivity index (χ4n) is 2.85. The average molecular weight is 345 g/mol. The van der Waals surface area contributed by atoms with E-state index in [9.17, 15) is 0 Å². The van der Waals surface area contributed by atoms with E-state index in [4.69, 9.17) is 16.3 Å². The summed E-state index contributed by atoms with van der Waals surface area (Å²) in [5.74, 6) is 1.30. The Morgan fingerprint density at radius 1 is 1.53 bits per heavy atom. The van der Waals surface area contributed by atoms with Gasteiger partial charge in [0.05, 0.1) is 12.0 Å². The first-order chi connectivity index (χ1) is 9.22.